The molecular weight excluding hydrogens is 544 g/mol. The summed E-state index contributed by atoms with van der Waals surface area (Å²) in [6.07, 6.45) is -1.45. The minimum absolute atomic E-state index is 0.235. The van der Waals surface area contributed by atoms with Crippen LogP contribution in [0.2, 0.25) is 0 Å². The molecule has 0 aliphatic carbocycles. The van der Waals surface area contributed by atoms with Crippen LogP contribution in [0.5, 0.6) is 0 Å². The SMILES string of the molecule is CCS[C@H]1O[C@@H](COCc2ccccc2)[C@H](OCc2ccccc2)[C@@H](OCc2ccccc2)[C@@H]1OCc1ccccc1. The van der Waals surface area contributed by atoms with E-state index in [1.54, 1.807) is 11.8 Å². The molecule has 4 aromatic carbocycles. The molecule has 6 heteroatoms. The Balaban J connectivity index is 1.40. The van der Waals surface area contributed by atoms with Gasteiger partial charge in [0.1, 0.15) is 29.9 Å². The van der Waals surface area contributed by atoms with Crippen molar-refractivity contribution in [2.75, 3.05) is 12.4 Å². The molecule has 1 saturated heterocycles. The van der Waals surface area contributed by atoms with E-state index in [9.17, 15) is 0 Å². The molecule has 1 fully saturated rings. The standard InChI is InChI=1S/C36H40O5S/c1-2-42-36-35(40-26-31-21-13-6-14-22-31)34(39-25-30-19-11-5-12-20-30)33(38-24-29-17-9-4-10-18-29)32(41-36)27-37-23-28-15-7-3-8-16-28/h3-22,32-36H,2,23-27H2,1H3/t32-,33-,34+,35-,36+/m0/s1. The Bertz CT molecular complexity index is 1280. The van der Waals surface area contributed by atoms with Gasteiger partial charge in [-0.25, -0.2) is 0 Å². The largest absolute Gasteiger partial charge is 0.374 e. The lowest BCUT2D eigenvalue weighted by Crippen LogP contribution is -2.60. The molecule has 5 rings (SSSR count). The van der Waals surface area contributed by atoms with E-state index in [2.05, 4.69) is 55.5 Å². The summed E-state index contributed by atoms with van der Waals surface area (Å²) in [5, 5.41) is 0. The quantitative estimate of drug-likeness (QED) is 0.145. The van der Waals surface area contributed by atoms with Gasteiger partial charge in [0, 0.05) is 0 Å². The molecule has 0 aromatic heterocycles. The number of rotatable bonds is 15. The molecule has 0 saturated carbocycles. The highest BCUT2D eigenvalue weighted by Crippen LogP contribution is 2.35. The zero-order valence-electron chi connectivity index (χ0n) is 24.1. The van der Waals surface area contributed by atoms with Crippen molar-refractivity contribution in [2.24, 2.45) is 0 Å². The Morgan fingerprint density at radius 1 is 0.524 bits per heavy atom. The smallest absolute Gasteiger partial charge is 0.132 e. The van der Waals surface area contributed by atoms with E-state index in [-0.39, 0.29) is 23.7 Å². The van der Waals surface area contributed by atoms with Crippen LogP contribution in [0.1, 0.15) is 29.2 Å². The van der Waals surface area contributed by atoms with E-state index < -0.39 is 6.10 Å². The van der Waals surface area contributed by atoms with Gasteiger partial charge in [-0.05, 0) is 28.0 Å². The molecule has 0 N–H and O–H groups in total. The van der Waals surface area contributed by atoms with Crippen LogP contribution >= 0.6 is 11.8 Å². The fraction of sp³-hybridized carbons (Fsp3) is 0.333. The summed E-state index contributed by atoms with van der Waals surface area (Å²) >= 11 is 1.73. The van der Waals surface area contributed by atoms with Crippen LogP contribution in [0.25, 0.3) is 0 Å². The summed E-state index contributed by atoms with van der Waals surface area (Å²) < 4.78 is 33.1. The van der Waals surface area contributed by atoms with Gasteiger partial charge in [0.25, 0.3) is 0 Å². The van der Waals surface area contributed by atoms with E-state index in [4.69, 9.17) is 23.7 Å². The zero-order chi connectivity index (χ0) is 28.8. The predicted molar refractivity (Wildman–Crippen MR) is 168 cm³/mol. The summed E-state index contributed by atoms with van der Waals surface area (Å²) in [5.41, 5.74) is 4.19. The van der Waals surface area contributed by atoms with E-state index >= 15 is 0 Å². The van der Waals surface area contributed by atoms with Crippen molar-refractivity contribution in [3.63, 3.8) is 0 Å². The van der Waals surface area contributed by atoms with E-state index in [0.29, 0.717) is 33.0 Å². The highest BCUT2D eigenvalue weighted by molar-refractivity contribution is 7.99. The number of ether oxygens (including phenoxy) is 5. The molecule has 1 aliphatic heterocycles. The molecule has 4 aromatic rings. The lowest BCUT2D eigenvalue weighted by molar-refractivity contribution is -0.254. The van der Waals surface area contributed by atoms with Gasteiger partial charge < -0.3 is 23.7 Å². The van der Waals surface area contributed by atoms with Gasteiger partial charge in [-0.3, -0.25) is 0 Å². The second-order valence-electron chi connectivity index (χ2n) is 10.3. The normalized spacial score (nSPS) is 22.2. The summed E-state index contributed by atoms with van der Waals surface area (Å²) in [4.78, 5) is 0. The molecule has 5 atom stereocenters. The third-order valence-corrected chi connectivity index (χ3v) is 8.21. The van der Waals surface area contributed by atoms with E-state index in [1.165, 1.54) is 0 Å². The lowest BCUT2D eigenvalue weighted by Gasteiger charge is -2.46. The van der Waals surface area contributed by atoms with Crippen molar-refractivity contribution in [1.82, 2.24) is 0 Å². The third kappa shape index (κ3) is 9.01. The second-order valence-corrected chi connectivity index (χ2v) is 11.7. The Morgan fingerprint density at radius 2 is 0.929 bits per heavy atom. The highest BCUT2D eigenvalue weighted by Gasteiger charge is 2.48. The van der Waals surface area contributed by atoms with E-state index in [0.717, 1.165) is 28.0 Å². The van der Waals surface area contributed by atoms with Crippen LogP contribution in [0.15, 0.2) is 121 Å². The van der Waals surface area contributed by atoms with Crippen molar-refractivity contribution >= 4 is 11.8 Å². The van der Waals surface area contributed by atoms with Crippen molar-refractivity contribution in [1.29, 1.82) is 0 Å². The molecular formula is C36H40O5S. The monoisotopic (exact) mass is 584 g/mol. The first kappa shape index (κ1) is 30.5. The number of hydrogen-bond acceptors (Lipinski definition) is 6. The van der Waals surface area contributed by atoms with Crippen LogP contribution in [-0.4, -0.2) is 42.2 Å². The molecule has 0 radical (unpaired) electrons. The number of thioether (sulfide) groups is 1. The van der Waals surface area contributed by atoms with E-state index in [1.807, 2.05) is 72.8 Å². The Kier molecular flexibility index (Phi) is 12.1. The molecule has 1 aliphatic rings. The van der Waals surface area contributed by atoms with Crippen LogP contribution in [0.3, 0.4) is 0 Å². The van der Waals surface area contributed by atoms with Gasteiger partial charge >= 0.3 is 0 Å². The average Bonchev–Trinajstić information content (AvgIpc) is 3.05. The molecule has 0 spiro atoms. The fourth-order valence-electron chi connectivity index (χ4n) is 5.05. The minimum Gasteiger partial charge on any atom is -0.374 e. The fourth-order valence-corrected chi connectivity index (χ4v) is 6.02. The summed E-state index contributed by atoms with van der Waals surface area (Å²) in [5.74, 6) is 0.883. The average molecular weight is 585 g/mol. The first-order chi connectivity index (χ1) is 20.8. The molecule has 5 nitrogen and oxygen atoms in total. The van der Waals surface area contributed by atoms with Gasteiger partial charge in [-0.2, -0.15) is 0 Å². The topological polar surface area (TPSA) is 46.2 Å². The molecule has 42 heavy (non-hydrogen) atoms. The Labute approximate surface area is 254 Å². The van der Waals surface area contributed by atoms with Gasteiger partial charge in [0.05, 0.1) is 33.0 Å². The number of benzene rings is 4. The van der Waals surface area contributed by atoms with Crippen LogP contribution in [0, 0.1) is 0 Å². The minimum atomic E-state index is -0.404. The van der Waals surface area contributed by atoms with Crippen molar-refractivity contribution in [3.8, 4) is 0 Å². The third-order valence-electron chi connectivity index (χ3n) is 7.17. The van der Waals surface area contributed by atoms with Crippen molar-refractivity contribution in [3.05, 3.63) is 144 Å². The molecule has 0 unspecified atom stereocenters. The first-order valence-electron chi connectivity index (χ1n) is 14.7. The summed E-state index contributed by atoms with van der Waals surface area (Å²) in [6.45, 7) is 4.37. The first-order valence-corrected chi connectivity index (χ1v) is 15.7. The predicted octanol–water partition coefficient (Wildman–Crippen LogP) is 7.44. The summed E-state index contributed by atoms with van der Waals surface area (Å²) in [6, 6.07) is 40.9. The molecule has 0 bridgehead atoms. The Morgan fingerprint density at radius 3 is 1.38 bits per heavy atom. The van der Waals surface area contributed by atoms with Crippen LogP contribution < -0.4 is 0 Å². The highest BCUT2D eigenvalue weighted by atomic mass is 32.2. The maximum atomic E-state index is 6.76. The van der Waals surface area contributed by atoms with Crippen molar-refractivity contribution in [2.45, 2.75) is 63.2 Å². The lowest BCUT2D eigenvalue weighted by atomic mass is 9.98. The molecule has 0 amide bonds. The zero-order valence-corrected chi connectivity index (χ0v) is 24.9. The van der Waals surface area contributed by atoms with Crippen LogP contribution in [0.4, 0.5) is 0 Å². The number of hydrogen-bond donors (Lipinski definition) is 0. The Hall–Kier alpha value is -2.97. The van der Waals surface area contributed by atoms with Gasteiger partial charge in [-0.15, -0.1) is 11.8 Å². The second kappa shape index (κ2) is 16.6. The molecule has 1 heterocycles. The van der Waals surface area contributed by atoms with Gasteiger partial charge in [-0.1, -0.05) is 128 Å². The van der Waals surface area contributed by atoms with Crippen molar-refractivity contribution < 1.29 is 23.7 Å². The van der Waals surface area contributed by atoms with Gasteiger partial charge in [0.15, 0.2) is 0 Å². The maximum absolute atomic E-state index is 6.76. The maximum Gasteiger partial charge on any atom is 0.132 e. The van der Waals surface area contributed by atoms with Gasteiger partial charge in [0.2, 0.25) is 0 Å². The summed E-state index contributed by atoms with van der Waals surface area (Å²) in [7, 11) is 0. The van der Waals surface area contributed by atoms with Crippen LogP contribution in [-0.2, 0) is 50.1 Å². The molecule has 220 valence electrons.